The summed E-state index contributed by atoms with van der Waals surface area (Å²) in [7, 11) is 0. The molecule has 128 valence electrons. The van der Waals surface area contributed by atoms with Gasteiger partial charge in [0, 0.05) is 18.5 Å². The molecule has 0 aliphatic heterocycles. The van der Waals surface area contributed by atoms with Gasteiger partial charge in [0.2, 0.25) is 0 Å². The molecule has 4 rings (SSSR count). The normalized spacial score (nSPS) is 15.6. The van der Waals surface area contributed by atoms with Crippen molar-refractivity contribution >= 4 is 16.7 Å². The van der Waals surface area contributed by atoms with E-state index in [9.17, 15) is 4.79 Å². The number of benzene rings is 1. The number of rotatable bonds is 3. The quantitative estimate of drug-likeness (QED) is 0.667. The molecule has 3 aromatic rings. The van der Waals surface area contributed by atoms with Crippen LogP contribution in [0.2, 0.25) is 0 Å². The van der Waals surface area contributed by atoms with Gasteiger partial charge in [-0.1, -0.05) is 30.5 Å². The van der Waals surface area contributed by atoms with Crippen molar-refractivity contribution < 1.29 is 4.79 Å². The van der Waals surface area contributed by atoms with E-state index in [1.54, 1.807) is 10.9 Å². The molecule has 5 heteroatoms. The summed E-state index contributed by atoms with van der Waals surface area (Å²) in [4.78, 5) is 16.2. The van der Waals surface area contributed by atoms with E-state index in [0.29, 0.717) is 11.6 Å². The third kappa shape index (κ3) is 2.84. The fourth-order valence-electron chi connectivity index (χ4n) is 3.91. The van der Waals surface area contributed by atoms with Crippen LogP contribution >= 0.6 is 0 Å². The van der Waals surface area contributed by atoms with E-state index in [0.717, 1.165) is 22.3 Å². The lowest BCUT2D eigenvalue weighted by Crippen LogP contribution is -2.06. The monoisotopic (exact) mass is 334 g/mol. The number of aromatic nitrogens is 4. The molecule has 2 heterocycles. The number of hydrogen-bond donors (Lipinski definition) is 0. The van der Waals surface area contributed by atoms with Gasteiger partial charge in [0.25, 0.3) is 0 Å². The van der Waals surface area contributed by atoms with Crippen molar-refractivity contribution in [2.45, 2.75) is 51.9 Å². The van der Waals surface area contributed by atoms with Gasteiger partial charge in [-0.2, -0.15) is 0 Å². The van der Waals surface area contributed by atoms with E-state index >= 15 is 0 Å². The number of nitrogens with zero attached hydrogens (tertiary/aromatic N) is 4. The summed E-state index contributed by atoms with van der Waals surface area (Å²) < 4.78 is 1.76. The van der Waals surface area contributed by atoms with Crippen LogP contribution in [-0.2, 0) is 0 Å². The summed E-state index contributed by atoms with van der Waals surface area (Å²) in [5, 5.41) is 9.33. The lowest BCUT2D eigenvalue weighted by molar-refractivity contribution is 0.101. The highest BCUT2D eigenvalue weighted by Crippen LogP contribution is 2.34. The maximum absolute atomic E-state index is 11.7. The molecule has 1 aliphatic carbocycles. The summed E-state index contributed by atoms with van der Waals surface area (Å²) in [5.41, 5.74) is 4.44. The van der Waals surface area contributed by atoms with Crippen LogP contribution in [0.3, 0.4) is 0 Å². The molecule has 0 spiro atoms. The van der Waals surface area contributed by atoms with Crippen molar-refractivity contribution in [1.82, 2.24) is 20.0 Å². The molecule has 1 aliphatic rings. The number of Topliss-reactive ketones (excluding diaryl/α,β-unsaturated/α-hetero) is 1. The van der Waals surface area contributed by atoms with Crippen LogP contribution in [0.5, 0.6) is 0 Å². The second-order valence-electron chi connectivity index (χ2n) is 6.93. The summed E-state index contributed by atoms with van der Waals surface area (Å²) >= 11 is 0. The van der Waals surface area contributed by atoms with E-state index in [1.165, 1.54) is 44.6 Å². The van der Waals surface area contributed by atoms with Crippen molar-refractivity contribution in [2.24, 2.45) is 0 Å². The Kier molecular flexibility index (Phi) is 4.07. The van der Waals surface area contributed by atoms with Crippen LogP contribution in [0.15, 0.2) is 30.5 Å². The molecule has 25 heavy (non-hydrogen) atoms. The molecule has 0 bridgehead atoms. The van der Waals surface area contributed by atoms with E-state index in [-0.39, 0.29) is 5.78 Å². The van der Waals surface area contributed by atoms with Gasteiger partial charge in [-0.05, 0) is 49.4 Å². The molecule has 0 N–H and O–H groups in total. The summed E-state index contributed by atoms with van der Waals surface area (Å²) in [6.07, 6.45) is 8.28. The largest absolute Gasteiger partial charge is 0.293 e. The van der Waals surface area contributed by atoms with Crippen molar-refractivity contribution in [3.63, 3.8) is 0 Å². The van der Waals surface area contributed by atoms with Crippen LogP contribution < -0.4 is 0 Å². The number of carbonyl (C=O) groups excluding carboxylic acids is 1. The van der Waals surface area contributed by atoms with E-state index < -0.39 is 0 Å². The average Bonchev–Trinajstić information content (AvgIpc) is 3.03. The SMILES string of the molecule is CC(=O)c1nnn(-c2ccnc3ccc(C4CCCCC4)cc23)c1C. The first-order chi connectivity index (χ1) is 12.1. The fourth-order valence-corrected chi connectivity index (χ4v) is 3.91. The molecule has 5 nitrogen and oxygen atoms in total. The first-order valence-electron chi connectivity index (χ1n) is 8.97. The van der Waals surface area contributed by atoms with Crippen molar-refractivity contribution in [1.29, 1.82) is 0 Å². The van der Waals surface area contributed by atoms with Crippen molar-refractivity contribution in [3.8, 4) is 5.69 Å². The Bertz CT molecular complexity index is 938. The van der Waals surface area contributed by atoms with Gasteiger partial charge >= 0.3 is 0 Å². The number of ketones is 1. The molecular weight excluding hydrogens is 312 g/mol. The molecule has 0 amide bonds. The molecule has 0 radical (unpaired) electrons. The standard InChI is InChI=1S/C20H22N4O/c1-13-20(14(2)25)22-23-24(13)19-10-11-21-18-9-8-16(12-17(18)19)15-6-4-3-5-7-15/h8-12,15H,3-7H2,1-2H3. The Morgan fingerprint density at radius 3 is 2.68 bits per heavy atom. The van der Waals surface area contributed by atoms with E-state index in [1.807, 2.05) is 13.0 Å². The molecule has 1 aromatic carbocycles. The fraction of sp³-hybridized carbons (Fsp3) is 0.400. The average molecular weight is 334 g/mol. The molecule has 0 saturated heterocycles. The Labute approximate surface area is 147 Å². The minimum Gasteiger partial charge on any atom is -0.293 e. The van der Waals surface area contributed by atoms with Gasteiger partial charge in [-0.3, -0.25) is 9.78 Å². The molecule has 2 aromatic heterocycles. The van der Waals surface area contributed by atoms with Gasteiger partial charge in [-0.15, -0.1) is 5.10 Å². The van der Waals surface area contributed by atoms with Gasteiger partial charge in [0.05, 0.1) is 16.9 Å². The highest BCUT2D eigenvalue weighted by atomic mass is 16.1. The van der Waals surface area contributed by atoms with E-state index in [2.05, 4.69) is 33.5 Å². The van der Waals surface area contributed by atoms with Crippen LogP contribution in [0.1, 0.15) is 66.7 Å². The van der Waals surface area contributed by atoms with E-state index in [4.69, 9.17) is 0 Å². The van der Waals surface area contributed by atoms with Crippen LogP contribution in [0.4, 0.5) is 0 Å². The van der Waals surface area contributed by atoms with Crippen LogP contribution in [0, 0.1) is 6.92 Å². The molecular formula is C20H22N4O. The second kappa shape index (κ2) is 6.39. The Morgan fingerprint density at radius 1 is 1.16 bits per heavy atom. The van der Waals surface area contributed by atoms with Gasteiger partial charge in [0.15, 0.2) is 11.5 Å². The number of fused-ring (bicyclic) bond motifs is 1. The second-order valence-corrected chi connectivity index (χ2v) is 6.93. The molecule has 1 saturated carbocycles. The third-order valence-electron chi connectivity index (χ3n) is 5.28. The topological polar surface area (TPSA) is 60.7 Å². The first-order valence-corrected chi connectivity index (χ1v) is 8.97. The molecule has 1 fully saturated rings. The van der Waals surface area contributed by atoms with Gasteiger partial charge in [-0.25, -0.2) is 4.68 Å². The summed E-state index contributed by atoms with van der Waals surface area (Å²) in [6.45, 7) is 3.40. The third-order valence-corrected chi connectivity index (χ3v) is 5.28. The van der Waals surface area contributed by atoms with Crippen LogP contribution in [0.25, 0.3) is 16.6 Å². The predicted octanol–water partition coefficient (Wildman–Crippen LogP) is 4.37. The highest BCUT2D eigenvalue weighted by Gasteiger charge is 2.18. The van der Waals surface area contributed by atoms with Gasteiger partial charge < -0.3 is 0 Å². The Hall–Kier alpha value is -2.56. The summed E-state index contributed by atoms with van der Waals surface area (Å²) in [6, 6.07) is 8.51. The minimum absolute atomic E-state index is 0.0648. The first kappa shape index (κ1) is 15.9. The molecule has 0 atom stereocenters. The number of hydrogen-bond acceptors (Lipinski definition) is 4. The highest BCUT2D eigenvalue weighted by molar-refractivity contribution is 5.93. The Balaban J connectivity index is 1.85. The maximum Gasteiger partial charge on any atom is 0.181 e. The van der Waals surface area contributed by atoms with Gasteiger partial charge in [0.1, 0.15) is 0 Å². The number of pyridine rings is 1. The minimum atomic E-state index is -0.0648. The smallest absolute Gasteiger partial charge is 0.181 e. The lowest BCUT2D eigenvalue weighted by Gasteiger charge is -2.22. The zero-order chi connectivity index (χ0) is 17.4. The number of carbonyl (C=O) groups is 1. The summed E-state index contributed by atoms with van der Waals surface area (Å²) in [5.74, 6) is 0.570. The maximum atomic E-state index is 11.7. The van der Waals surface area contributed by atoms with Crippen molar-refractivity contribution in [2.75, 3.05) is 0 Å². The zero-order valence-corrected chi connectivity index (χ0v) is 14.7. The Morgan fingerprint density at radius 2 is 1.96 bits per heavy atom. The van der Waals surface area contributed by atoms with Crippen LogP contribution in [-0.4, -0.2) is 25.8 Å². The molecule has 0 unspecified atom stereocenters. The van der Waals surface area contributed by atoms with Crippen molar-refractivity contribution in [3.05, 3.63) is 47.4 Å². The lowest BCUT2D eigenvalue weighted by atomic mass is 9.83. The zero-order valence-electron chi connectivity index (χ0n) is 14.7. The predicted molar refractivity (Wildman–Crippen MR) is 97.2 cm³/mol.